The Balaban J connectivity index is 1.53. The van der Waals surface area contributed by atoms with Crippen molar-refractivity contribution in [3.05, 3.63) is 52.5 Å². The van der Waals surface area contributed by atoms with Crippen LogP contribution in [-0.2, 0) is 11.3 Å². The lowest BCUT2D eigenvalue weighted by Gasteiger charge is -2.22. The van der Waals surface area contributed by atoms with E-state index in [2.05, 4.69) is 21.2 Å². The van der Waals surface area contributed by atoms with Gasteiger partial charge in [-0.1, -0.05) is 23.7 Å². The van der Waals surface area contributed by atoms with Crippen LogP contribution in [0.2, 0.25) is 5.02 Å². The molecule has 0 bridgehead atoms. The summed E-state index contributed by atoms with van der Waals surface area (Å²) < 4.78 is 10.5. The number of carbonyl (C=O) groups is 1. The lowest BCUT2D eigenvalue weighted by atomic mass is 10.1. The maximum absolute atomic E-state index is 12.6. The van der Waals surface area contributed by atoms with Crippen LogP contribution < -0.4 is 14.8 Å². The number of nitrogens with zero attached hydrogens (tertiary/aromatic N) is 3. The minimum absolute atomic E-state index is 0.111. The highest BCUT2D eigenvalue weighted by Crippen LogP contribution is 2.35. The van der Waals surface area contributed by atoms with E-state index in [-0.39, 0.29) is 5.91 Å². The molecule has 3 rings (SSSR count). The van der Waals surface area contributed by atoms with Gasteiger partial charge in [-0.2, -0.15) is 5.26 Å². The number of nitrogens with one attached hydrogen (secondary N) is 1. The van der Waals surface area contributed by atoms with E-state index in [1.807, 2.05) is 24.3 Å². The van der Waals surface area contributed by atoms with Gasteiger partial charge in [0.2, 0.25) is 5.91 Å². The van der Waals surface area contributed by atoms with Gasteiger partial charge in [-0.25, -0.2) is 0 Å². The number of hydrogen-bond acceptors (Lipinski definition) is 6. The number of ether oxygens (including phenoxy) is 2. The first kappa shape index (κ1) is 22.9. The zero-order valence-corrected chi connectivity index (χ0v) is 18.6. The van der Waals surface area contributed by atoms with Crippen LogP contribution in [0.3, 0.4) is 0 Å². The van der Waals surface area contributed by atoms with Gasteiger partial charge in [0.25, 0.3) is 0 Å². The summed E-state index contributed by atoms with van der Waals surface area (Å²) in [6.07, 6.45) is 0.987. The van der Waals surface area contributed by atoms with E-state index >= 15 is 0 Å². The van der Waals surface area contributed by atoms with Crippen LogP contribution in [0.15, 0.2) is 36.4 Å². The van der Waals surface area contributed by atoms with Crippen molar-refractivity contribution >= 4 is 23.2 Å². The van der Waals surface area contributed by atoms with Gasteiger partial charge in [0.05, 0.1) is 43.1 Å². The predicted molar refractivity (Wildman–Crippen MR) is 121 cm³/mol. The summed E-state index contributed by atoms with van der Waals surface area (Å²) in [5.74, 6) is 0.880. The minimum Gasteiger partial charge on any atom is -0.495 e. The van der Waals surface area contributed by atoms with E-state index in [9.17, 15) is 4.79 Å². The van der Waals surface area contributed by atoms with E-state index in [0.717, 1.165) is 39.1 Å². The standard InChI is InChI=1S/C23H27ClN4O3/c1-30-21-13-22(31-2)20(12-19(21)24)26-23(29)16-28-9-3-8-27(10-11-28)15-18-6-4-17(14-25)5-7-18/h4-7,12-13H,3,8-11,15-16H2,1-2H3,(H,26,29). The average molecular weight is 443 g/mol. The first-order valence-electron chi connectivity index (χ1n) is 10.2. The normalized spacial score (nSPS) is 15.0. The molecule has 1 aliphatic rings. The summed E-state index contributed by atoms with van der Waals surface area (Å²) in [5.41, 5.74) is 2.39. The highest BCUT2D eigenvalue weighted by Gasteiger charge is 2.19. The highest BCUT2D eigenvalue weighted by atomic mass is 35.5. The smallest absolute Gasteiger partial charge is 0.238 e. The minimum atomic E-state index is -0.111. The molecule has 7 nitrogen and oxygen atoms in total. The number of hydrogen-bond donors (Lipinski definition) is 1. The van der Waals surface area contributed by atoms with Crippen molar-refractivity contribution in [3.63, 3.8) is 0 Å². The molecule has 1 heterocycles. The summed E-state index contributed by atoms with van der Waals surface area (Å²) in [6.45, 7) is 4.66. The highest BCUT2D eigenvalue weighted by molar-refractivity contribution is 6.32. The monoisotopic (exact) mass is 442 g/mol. The van der Waals surface area contributed by atoms with Crippen LogP contribution in [0.1, 0.15) is 17.5 Å². The number of rotatable bonds is 7. The quantitative estimate of drug-likeness (QED) is 0.708. The second-order valence-corrected chi connectivity index (χ2v) is 7.86. The topological polar surface area (TPSA) is 77.8 Å². The Morgan fingerprint density at radius 3 is 2.42 bits per heavy atom. The molecule has 31 heavy (non-hydrogen) atoms. The molecule has 0 aromatic heterocycles. The van der Waals surface area contributed by atoms with Gasteiger partial charge >= 0.3 is 0 Å². The first-order chi connectivity index (χ1) is 15.0. The van der Waals surface area contributed by atoms with Crippen molar-refractivity contribution in [3.8, 4) is 17.6 Å². The van der Waals surface area contributed by atoms with E-state index < -0.39 is 0 Å². The largest absolute Gasteiger partial charge is 0.495 e. The Hall–Kier alpha value is -2.79. The molecule has 0 spiro atoms. The Morgan fingerprint density at radius 2 is 1.74 bits per heavy atom. The molecule has 0 atom stereocenters. The molecule has 164 valence electrons. The predicted octanol–water partition coefficient (Wildman–Crippen LogP) is 3.38. The summed E-state index contributed by atoms with van der Waals surface area (Å²) in [4.78, 5) is 17.2. The molecule has 1 aliphatic heterocycles. The molecule has 2 aromatic carbocycles. The number of halogens is 1. The fourth-order valence-corrected chi connectivity index (χ4v) is 3.87. The Morgan fingerprint density at radius 1 is 1.06 bits per heavy atom. The van der Waals surface area contributed by atoms with Gasteiger partial charge in [-0.15, -0.1) is 0 Å². The molecule has 2 aromatic rings. The Labute approximate surface area is 188 Å². The van der Waals surface area contributed by atoms with Crippen LogP contribution in [0.5, 0.6) is 11.5 Å². The third kappa shape index (κ3) is 6.34. The zero-order chi connectivity index (χ0) is 22.2. The summed E-state index contributed by atoms with van der Waals surface area (Å²) >= 11 is 6.19. The molecule has 0 unspecified atom stereocenters. The number of anilines is 1. The fourth-order valence-electron chi connectivity index (χ4n) is 3.63. The van der Waals surface area contributed by atoms with Gasteiger partial charge in [-0.3, -0.25) is 14.6 Å². The van der Waals surface area contributed by atoms with E-state index in [1.54, 1.807) is 12.1 Å². The van der Waals surface area contributed by atoms with E-state index in [1.165, 1.54) is 19.8 Å². The Kier molecular flexibility index (Phi) is 8.13. The average Bonchev–Trinajstić information content (AvgIpc) is 2.99. The Bertz CT molecular complexity index is 943. The van der Waals surface area contributed by atoms with Gasteiger partial charge in [0.1, 0.15) is 11.5 Å². The lowest BCUT2D eigenvalue weighted by Crippen LogP contribution is -2.36. The fraction of sp³-hybridized carbons (Fsp3) is 0.391. The molecule has 1 fully saturated rings. The second-order valence-electron chi connectivity index (χ2n) is 7.45. The van der Waals surface area contributed by atoms with Crippen molar-refractivity contribution < 1.29 is 14.3 Å². The van der Waals surface area contributed by atoms with Crippen LogP contribution >= 0.6 is 11.6 Å². The van der Waals surface area contributed by atoms with Crippen molar-refractivity contribution in [1.29, 1.82) is 5.26 Å². The van der Waals surface area contributed by atoms with Gasteiger partial charge in [-0.05, 0) is 43.3 Å². The molecule has 8 heteroatoms. The van der Waals surface area contributed by atoms with Gasteiger partial charge in [0.15, 0.2) is 0 Å². The molecule has 0 radical (unpaired) electrons. The number of benzene rings is 2. The van der Waals surface area contributed by atoms with Gasteiger partial charge < -0.3 is 14.8 Å². The maximum Gasteiger partial charge on any atom is 0.238 e. The zero-order valence-electron chi connectivity index (χ0n) is 17.9. The third-order valence-corrected chi connectivity index (χ3v) is 5.58. The van der Waals surface area contributed by atoms with Crippen molar-refractivity contribution in [2.75, 3.05) is 52.3 Å². The molecular formula is C23H27ClN4O3. The van der Waals surface area contributed by atoms with Crippen LogP contribution in [0.4, 0.5) is 5.69 Å². The van der Waals surface area contributed by atoms with Crippen molar-refractivity contribution in [2.45, 2.75) is 13.0 Å². The first-order valence-corrected chi connectivity index (χ1v) is 10.5. The van der Waals surface area contributed by atoms with Crippen molar-refractivity contribution in [1.82, 2.24) is 9.80 Å². The molecule has 1 amide bonds. The van der Waals surface area contributed by atoms with Crippen LogP contribution in [0.25, 0.3) is 0 Å². The number of nitriles is 1. The number of amides is 1. The molecule has 1 saturated heterocycles. The summed E-state index contributed by atoms with van der Waals surface area (Å²) in [6, 6.07) is 13.1. The van der Waals surface area contributed by atoms with Crippen molar-refractivity contribution in [2.24, 2.45) is 0 Å². The number of carbonyl (C=O) groups excluding carboxylic acids is 1. The maximum atomic E-state index is 12.6. The SMILES string of the molecule is COc1cc(OC)c(NC(=O)CN2CCCN(Cc3ccc(C#N)cc3)CC2)cc1Cl. The van der Waals surface area contributed by atoms with Crippen LogP contribution in [-0.4, -0.2) is 62.7 Å². The number of methoxy groups -OCH3 is 2. The molecular weight excluding hydrogens is 416 g/mol. The molecule has 1 N–H and O–H groups in total. The summed E-state index contributed by atoms with van der Waals surface area (Å²) in [5, 5.41) is 12.2. The lowest BCUT2D eigenvalue weighted by molar-refractivity contribution is -0.117. The van der Waals surface area contributed by atoms with Crippen LogP contribution in [0, 0.1) is 11.3 Å². The molecule has 0 aliphatic carbocycles. The van der Waals surface area contributed by atoms with E-state index in [0.29, 0.717) is 34.3 Å². The summed E-state index contributed by atoms with van der Waals surface area (Å²) in [7, 11) is 3.07. The van der Waals surface area contributed by atoms with E-state index in [4.69, 9.17) is 26.3 Å². The second kappa shape index (κ2) is 11.0. The molecule has 0 saturated carbocycles. The van der Waals surface area contributed by atoms with Gasteiger partial charge in [0, 0.05) is 25.7 Å². The third-order valence-electron chi connectivity index (χ3n) is 5.29.